The Hall–Kier alpha value is -0.990. The quantitative estimate of drug-likeness (QED) is 0.777. The van der Waals surface area contributed by atoms with Gasteiger partial charge in [-0.3, -0.25) is 0 Å². The van der Waals surface area contributed by atoms with Gasteiger partial charge in [-0.05, 0) is 12.3 Å². The van der Waals surface area contributed by atoms with Gasteiger partial charge in [0.1, 0.15) is 5.76 Å². The number of nitrogens with two attached hydrogens (primary N) is 1. The molecular weight excluding hydrogens is 164 g/mol. The molecule has 0 bridgehead atoms. The average molecular weight is 180 g/mol. The lowest BCUT2D eigenvalue weighted by Crippen LogP contribution is -1.95. The number of rotatable bonds is 3. The molecule has 1 aliphatic rings. The molecular formula is C10H16N2O. The smallest absolute Gasteiger partial charge is 0.292 e. The number of hydrogen-bond donors (Lipinski definition) is 1. The van der Waals surface area contributed by atoms with Crippen molar-refractivity contribution in [2.75, 3.05) is 5.73 Å². The van der Waals surface area contributed by atoms with E-state index in [2.05, 4.69) is 4.98 Å². The molecule has 0 amide bonds. The van der Waals surface area contributed by atoms with Crippen LogP contribution in [-0.4, -0.2) is 4.98 Å². The van der Waals surface area contributed by atoms with Gasteiger partial charge in [0.2, 0.25) is 0 Å². The third-order valence-corrected chi connectivity index (χ3v) is 2.85. The van der Waals surface area contributed by atoms with Crippen molar-refractivity contribution in [3.05, 3.63) is 12.0 Å². The van der Waals surface area contributed by atoms with Crippen molar-refractivity contribution in [1.29, 1.82) is 0 Å². The van der Waals surface area contributed by atoms with Crippen LogP contribution in [0.5, 0.6) is 0 Å². The molecule has 1 fully saturated rings. The maximum Gasteiger partial charge on any atom is 0.292 e. The van der Waals surface area contributed by atoms with Crippen LogP contribution < -0.4 is 5.73 Å². The average Bonchev–Trinajstić information content (AvgIpc) is 2.71. The number of hydrogen-bond acceptors (Lipinski definition) is 3. The fraction of sp³-hybridized carbons (Fsp3) is 0.700. The van der Waals surface area contributed by atoms with Gasteiger partial charge in [-0.2, -0.15) is 0 Å². The Labute approximate surface area is 78.3 Å². The summed E-state index contributed by atoms with van der Waals surface area (Å²) in [5.41, 5.74) is 5.38. The maximum atomic E-state index is 5.38. The molecule has 0 radical (unpaired) electrons. The molecule has 3 heteroatoms. The van der Waals surface area contributed by atoms with Crippen LogP contribution in [0.1, 0.15) is 37.9 Å². The van der Waals surface area contributed by atoms with Gasteiger partial charge in [-0.25, -0.2) is 4.98 Å². The number of oxazole rings is 1. The number of aryl methyl sites for hydroxylation is 1. The minimum atomic E-state index is 0.293. The SMILES string of the molecule is Nc1ncc(CCC2CCCC2)o1. The van der Waals surface area contributed by atoms with E-state index >= 15 is 0 Å². The van der Waals surface area contributed by atoms with Crippen molar-refractivity contribution in [1.82, 2.24) is 4.98 Å². The van der Waals surface area contributed by atoms with Crippen molar-refractivity contribution in [2.24, 2.45) is 5.92 Å². The second kappa shape index (κ2) is 3.81. The Morgan fingerprint density at radius 1 is 1.46 bits per heavy atom. The maximum absolute atomic E-state index is 5.38. The van der Waals surface area contributed by atoms with Crippen molar-refractivity contribution < 1.29 is 4.42 Å². The number of anilines is 1. The first-order chi connectivity index (χ1) is 6.34. The van der Waals surface area contributed by atoms with Crippen LogP contribution in [0.4, 0.5) is 6.01 Å². The van der Waals surface area contributed by atoms with Crippen LogP contribution in [-0.2, 0) is 6.42 Å². The van der Waals surface area contributed by atoms with Crippen molar-refractivity contribution >= 4 is 6.01 Å². The summed E-state index contributed by atoms with van der Waals surface area (Å²) in [7, 11) is 0. The van der Waals surface area contributed by atoms with E-state index in [1.165, 1.54) is 32.1 Å². The van der Waals surface area contributed by atoms with Crippen LogP contribution in [0.3, 0.4) is 0 Å². The molecule has 0 atom stereocenters. The highest BCUT2D eigenvalue weighted by molar-refractivity contribution is 5.10. The summed E-state index contributed by atoms with van der Waals surface area (Å²) in [6.45, 7) is 0. The summed E-state index contributed by atoms with van der Waals surface area (Å²) in [5, 5.41) is 0. The van der Waals surface area contributed by atoms with Gasteiger partial charge in [0, 0.05) is 6.42 Å². The Kier molecular flexibility index (Phi) is 2.52. The van der Waals surface area contributed by atoms with Gasteiger partial charge in [-0.1, -0.05) is 25.7 Å². The van der Waals surface area contributed by atoms with Gasteiger partial charge in [0.15, 0.2) is 0 Å². The zero-order valence-electron chi connectivity index (χ0n) is 7.83. The predicted molar refractivity (Wildman–Crippen MR) is 51.2 cm³/mol. The Balaban J connectivity index is 1.78. The normalized spacial score (nSPS) is 18.2. The van der Waals surface area contributed by atoms with Gasteiger partial charge < -0.3 is 10.2 Å². The monoisotopic (exact) mass is 180 g/mol. The zero-order valence-corrected chi connectivity index (χ0v) is 7.83. The molecule has 0 spiro atoms. The minimum absolute atomic E-state index is 0.293. The van der Waals surface area contributed by atoms with Crippen LogP contribution in [0.15, 0.2) is 10.6 Å². The van der Waals surface area contributed by atoms with E-state index in [-0.39, 0.29) is 0 Å². The Bertz CT molecular complexity index is 264. The summed E-state index contributed by atoms with van der Waals surface area (Å²) in [5.74, 6) is 1.84. The summed E-state index contributed by atoms with van der Waals surface area (Å²) in [6.07, 6.45) is 9.56. The molecule has 1 aromatic heterocycles. The summed E-state index contributed by atoms with van der Waals surface area (Å²) < 4.78 is 5.21. The molecule has 13 heavy (non-hydrogen) atoms. The molecule has 2 rings (SSSR count). The molecule has 1 saturated carbocycles. The summed E-state index contributed by atoms with van der Waals surface area (Å²) in [4.78, 5) is 3.87. The molecule has 1 aromatic rings. The highest BCUT2D eigenvalue weighted by atomic mass is 16.4. The highest BCUT2D eigenvalue weighted by Crippen LogP contribution is 2.28. The fourth-order valence-electron chi connectivity index (χ4n) is 2.08. The Morgan fingerprint density at radius 2 is 2.23 bits per heavy atom. The fourth-order valence-corrected chi connectivity index (χ4v) is 2.08. The van der Waals surface area contributed by atoms with Crippen molar-refractivity contribution in [2.45, 2.75) is 38.5 Å². The van der Waals surface area contributed by atoms with E-state index in [0.717, 1.165) is 18.1 Å². The van der Waals surface area contributed by atoms with Crippen LogP contribution in [0.2, 0.25) is 0 Å². The topological polar surface area (TPSA) is 52.0 Å². The molecule has 3 nitrogen and oxygen atoms in total. The van der Waals surface area contributed by atoms with Crippen LogP contribution in [0.25, 0.3) is 0 Å². The first kappa shape index (κ1) is 8.60. The predicted octanol–water partition coefficient (Wildman–Crippen LogP) is 2.38. The number of nitrogen functional groups attached to an aromatic ring is 1. The molecule has 0 unspecified atom stereocenters. The van der Waals surface area contributed by atoms with Crippen molar-refractivity contribution in [3.63, 3.8) is 0 Å². The third kappa shape index (κ3) is 2.23. The largest absolute Gasteiger partial charge is 0.429 e. The summed E-state index contributed by atoms with van der Waals surface area (Å²) >= 11 is 0. The first-order valence-corrected chi connectivity index (χ1v) is 5.05. The van der Waals surface area contributed by atoms with Crippen LogP contribution in [0, 0.1) is 5.92 Å². The number of nitrogens with zero attached hydrogens (tertiary/aromatic N) is 1. The first-order valence-electron chi connectivity index (χ1n) is 5.05. The standard InChI is InChI=1S/C10H16N2O/c11-10-12-7-9(13-10)6-5-8-3-1-2-4-8/h7-8H,1-6H2,(H2,11,12). The molecule has 0 aromatic carbocycles. The minimum Gasteiger partial charge on any atom is -0.429 e. The van der Waals surface area contributed by atoms with E-state index < -0.39 is 0 Å². The van der Waals surface area contributed by atoms with Gasteiger partial charge in [0.05, 0.1) is 6.20 Å². The molecule has 0 saturated heterocycles. The van der Waals surface area contributed by atoms with Gasteiger partial charge >= 0.3 is 0 Å². The van der Waals surface area contributed by atoms with Crippen LogP contribution >= 0.6 is 0 Å². The molecule has 1 heterocycles. The second-order valence-corrected chi connectivity index (χ2v) is 3.85. The zero-order chi connectivity index (χ0) is 9.10. The lowest BCUT2D eigenvalue weighted by Gasteiger charge is -2.05. The van der Waals surface area contributed by atoms with E-state index in [0.29, 0.717) is 6.01 Å². The second-order valence-electron chi connectivity index (χ2n) is 3.85. The highest BCUT2D eigenvalue weighted by Gasteiger charge is 2.15. The third-order valence-electron chi connectivity index (χ3n) is 2.85. The molecule has 1 aliphatic carbocycles. The molecule has 72 valence electrons. The van der Waals surface area contributed by atoms with E-state index in [1.807, 2.05) is 0 Å². The van der Waals surface area contributed by atoms with Gasteiger partial charge in [-0.15, -0.1) is 0 Å². The van der Waals surface area contributed by atoms with Gasteiger partial charge in [0.25, 0.3) is 6.01 Å². The van der Waals surface area contributed by atoms with E-state index in [4.69, 9.17) is 10.2 Å². The molecule has 0 aliphatic heterocycles. The van der Waals surface area contributed by atoms with E-state index in [9.17, 15) is 0 Å². The Morgan fingerprint density at radius 3 is 2.85 bits per heavy atom. The lowest BCUT2D eigenvalue weighted by atomic mass is 10.0. The number of aromatic nitrogens is 1. The molecule has 2 N–H and O–H groups in total. The lowest BCUT2D eigenvalue weighted by molar-refractivity contribution is 0.454. The van der Waals surface area contributed by atoms with E-state index in [1.54, 1.807) is 6.20 Å². The summed E-state index contributed by atoms with van der Waals surface area (Å²) in [6, 6.07) is 0.293. The van der Waals surface area contributed by atoms with Crippen molar-refractivity contribution in [3.8, 4) is 0 Å².